The van der Waals surface area contributed by atoms with Gasteiger partial charge >= 0.3 is 0 Å². The molecule has 0 N–H and O–H groups in total. The van der Waals surface area contributed by atoms with Crippen LogP contribution in [0.3, 0.4) is 0 Å². The zero-order chi connectivity index (χ0) is 37.0. The van der Waals surface area contributed by atoms with Gasteiger partial charge in [-0.3, -0.25) is 0 Å². The van der Waals surface area contributed by atoms with E-state index in [1.54, 1.807) is 0 Å². The molecule has 0 aliphatic carbocycles. The summed E-state index contributed by atoms with van der Waals surface area (Å²) in [6, 6.07) is 68.2. The third-order valence-corrected chi connectivity index (χ3v) is 11.7. The zero-order valence-corrected chi connectivity index (χ0v) is 30.9. The minimum Gasteiger partial charge on any atom is -0.456 e. The molecule has 0 aliphatic rings. The van der Waals surface area contributed by atoms with E-state index in [1.807, 2.05) is 53.8 Å². The molecule has 8 aromatic carbocycles. The predicted octanol–water partition coefficient (Wildman–Crippen LogP) is 15.1. The number of benzene rings is 8. The number of thiophene rings is 1. The Kier molecular flexibility index (Phi) is 7.64. The van der Waals surface area contributed by atoms with Crippen molar-refractivity contribution in [3.05, 3.63) is 194 Å². The first-order chi connectivity index (χ1) is 27.7. The first kappa shape index (κ1) is 32.2. The molecule has 11 aromatic rings. The Morgan fingerprint density at radius 2 is 0.929 bits per heavy atom. The van der Waals surface area contributed by atoms with Crippen LogP contribution >= 0.6 is 11.3 Å². The van der Waals surface area contributed by atoms with Crippen LogP contribution in [0.5, 0.6) is 0 Å². The lowest BCUT2D eigenvalue weighted by Gasteiger charge is -2.26. The number of rotatable bonds is 7. The Labute approximate surface area is 327 Å². The van der Waals surface area contributed by atoms with E-state index < -0.39 is 0 Å². The van der Waals surface area contributed by atoms with Gasteiger partial charge in [0.1, 0.15) is 16.9 Å². The summed E-state index contributed by atoms with van der Waals surface area (Å²) in [7, 11) is 0. The second-order valence-corrected chi connectivity index (χ2v) is 15.1. The summed E-state index contributed by atoms with van der Waals surface area (Å²) >= 11 is 1.85. The normalized spacial score (nSPS) is 11.6. The molecule has 0 amide bonds. The van der Waals surface area contributed by atoms with Gasteiger partial charge in [0.2, 0.25) is 5.89 Å². The maximum atomic E-state index is 6.12. The largest absolute Gasteiger partial charge is 0.456 e. The first-order valence-electron chi connectivity index (χ1n) is 18.7. The second kappa shape index (κ2) is 13.3. The third kappa shape index (κ3) is 5.74. The van der Waals surface area contributed by atoms with Crippen molar-refractivity contribution in [2.75, 3.05) is 4.90 Å². The highest BCUT2D eigenvalue weighted by Crippen LogP contribution is 2.40. The van der Waals surface area contributed by atoms with Crippen LogP contribution in [0.4, 0.5) is 17.1 Å². The van der Waals surface area contributed by atoms with Crippen LogP contribution in [0.15, 0.2) is 203 Å². The number of nitrogens with zero attached hydrogens (tertiary/aromatic N) is 2. The van der Waals surface area contributed by atoms with E-state index in [9.17, 15) is 0 Å². The highest BCUT2D eigenvalue weighted by atomic mass is 32.1. The van der Waals surface area contributed by atoms with Crippen LogP contribution < -0.4 is 4.90 Å². The van der Waals surface area contributed by atoms with Crippen molar-refractivity contribution in [1.29, 1.82) is 0 Å². The fourth-order valence-electron chi connectivity index (χ4n) is 7.66. The standard InChI is InChI=1S/C51H32N2O2S/c1-4-10-46-39(7-1)32-48(54-46)36-15-13-33(14-16-36)34-17-24-40(25-18-34)53(42-28-21-37(22-29-42)51-52-45-9-3-5-11-47(45)55-51)41-26-19-35(20-27-41)38-23-30-50-44(31-38)43-8-2-6-12-49(43)56-50/h1-32H. The van der Waals surface area contributed by atoms with E-state index in [0.717, 1.165) is 67.1 Å². The Balaban J connectivity index is 0.931. The van der Waals surface area contributed by atoms with Crippen molar-refractivity contribution in [2.24, 2.45) is 0 Å². The molecule has 264 valence electrons. The van der Waals surface area contributed by atoms with Gasteiger partial charge in [-0.1, -0.05) is 103 Å². The molecule has 0 spiro atoms. The summed E-state index contributed by atoms with van der Waals surface area (Å²) < 4.78 is 14.8. The fourth-order valence-corrected chi connectivity index (χ4v) is 8.75. The van der Waals surface area contributed by atoms with E-state index in [-0.39, 0.29) is 0 Å². The second-order valence-electron chi connectivity index (χ2n) is 14.0. The van der Waals surface area contributed by atoms with E-state index in [2.05, 4.69) is 157 Å². The summed E-state index contributed by atoms with van der Waals surface area (Å²) in [6.45, 7) is 0. The fraction of sp³-hybridized carbons (Fsp3) is 0. The van der Waals surface area contributed by atoms with Gasteiger partial charge in [0, 0.05) is 53.7 Å². The maximum Gasteiger partial charge on any atom is 0.227 e. The van der Waals surface area contributed by atoms with Crippen LogP contribution in [-0.2, 0) is 0 Å². The molecular formula is C51H32N2O2S. The molecule has 0 fully saturated rings. The first-order valence-corrected chi connectivity index (χ1v) is 19.5. The van der Waals surface area contributed by atoms with Crippen LogP contribution in [0.1, 0.15) is 0 Å². The van der Waals surface area contributed by atoms with Gasteiger partial charge in [-0.15, -0.1) is 11.3 Å². The summed E-state index contributed by atoms with van der Waals surface area (Å²) in [5, 5.41) is 3.72. The molecule has 11 rings (SSSR count). The molecule has 4 nitrogen and oxygen atoms in total. The minimum absolute atomic E-state index is 0.611. The molecule has 0 bridgehead atoms. The molecule has 0 atom stereocenters. The maximum absolute atomic E-state index is 6.12. The number of anilines is 3. The zero-order valence-electron chi connectivity index (χ0n) is 30.1. The van der Waals surface area contributed by atoms with Gasteiger partial charge in [0.25, 0.3) is 0 Å². The number of fused-ring (bicyclic) bond motifs is 5. The SMILES string of the molecule is c1ccc2oc(-c3ccc(-c4ccc(N(c5ccc(-c6ccc7sc8ccccc8c7c6)cc5)c5ccc(-c6nc7ccccc7o6)cc5)cc4)cc3)cc2c1. The van der Waals surface area contributed by atoms with Crippen molar-refractivity contribution in [3.63, 3.8) is 0 Å². The molecule has 3 aromatic heterocycles. The van der Waals surface area contributed by atoms with Crippen LogP contribution in [0.2, 0.25) is 0 Å². The van der Waals surface area contributed by atoms with Gasteiger partial charge in [-0.2, -0.15) is 0 Å². The number of furan rings is 1. The molecule has 5 heteroatoms. The van der Waals surface area contributed by atoms with Gasteiger partial charge in [0.05, 0.1) is 0 Å². The molecule has 3 heterocycles. The molecular weight excluding hydrogens is 705 g/mol. The highest BCUT2D eigenvalue weighted by Gasteiger charge is 2.16. The lowest BCUT2D eigenvalue weighted by Crippen LogP contribution is -2.09. The topological polar surface area (TPSA) is 42.4 Å². The quantitative estimate of drug-likeness (QED) is 0.163. The number of oxazole rings is 1. The summed E-state index contributed by atoms with van der Waals surface area (Å²) in [5.41, 5.74) is 12.3. The average Bonchev–Trinajstić information content (AvgIpc) is 4.00. The molecule has 0 radical (unpaired) electrons. The lowest BCUT2D eigenvalue weighted by molar-refractivity contribution is 0.620. The highest BCUT2D eigenvalue weighted by molar-refractivity contribution is 7.25. The molecule has 0 saturated heterocycles. The predicted molar refractivity (Wildman–Crippen MR) is 233 cm³/mol. The lowest BCUT2D eigenvalue weighted by atomic mass is 10.0. The van der Waals surface area contributed by atoms with Gasteiger partial charge in [-0.25, -0.2) is 4.98 Å². The van der Waals surface area contributed by atoms with E-state index in [4.69, 9.17) is 13.8 Å². The van der Waals surface area contributed by atoms with Crippen molar-refractivity contribution < 1.29 is 8.83 Å². The van der Waals surface area contributed by atoms with Crippen LogP contribution in [0, 0.1) is 0 Å². The smallest absolute Gasteiger partial charge is 0.227 e. The van der Waals surface area contributed by atoms with Crippen molar-refractivity contribution >= 4 is 70.6 Å². The molecule has 56 heavy (non-hydrogen) atoms. The Bertz CT molecular complexity index is 3110. The molecule has 0 unspecified atom stereocenters. The van der Waals surface area contributed by atoms with Crippen molar-refractivity contribution in [1.82, 2.24) is 4.98 Å². The summed E-state index contributed by atoms with van der Waals surface area (Å²) in [4.78, 5) is 7.03. The Morgan fingerprint density at radius 3 is 1.62 bits per heavy atom. The number of aromatic nitrogens is 1. The Morgan fingerprint density at radius 1 is 0.393 bits per heavy atom. The van der Waals surface area contributed by atoms with Crippen LogP contribution in [0.25, 0.3) is 87.3 Å². The average molecular weight is 737 g/mol. The monoisotopic (exact) mass is 736 g/mol. The van der Waals surface area contributed by atoms with Gasteiger partial charge < -0.3 is 13.7 Å². The summed E-state index contributed by atoms with van der Waals surface area (Å²) in [6.07, 6.45) is 0. The van der Waals surface area contributed by atoms with E-state index in [1.165, 1.54) is 31.3 Å². The third-order valence-electron chi connectivity index (χ3n) is 10.6. The number of para-hydroxylation sites is 3. The number of hydrogen-bond acceptors (Lipinski definition) is 5. The van der Waals surface area contributed by atoms with Crippen molar-refractivity contribution in [3.8, 4) is 45.0 Å². The summed E-state index contributed by atoms with van der Waals surface area (Å²) in [5.74, 6) is 1.48. The van der Waals surface area contributed by atoms with Crippen molar-refractivity contribution in [2.45, 2.75) is 0 Å². The molecule has 0 saturated carbocycles. The van der Waals surface area contributed by atoms with Gasteiger partial charge in [0.15, 0.2) is 5.58 Å². The number of hydrogen-bond donors (Lipinski definition) is 0. The Hall–Kier alpha value is -7.21. The molecule has 0 aliphatic heterocycles. The van der Waals surface area contributed by atoms with Crippen LogP contribution in [-0.4, -0.2) is 4.98 Å². The van der Waals surface area contributed by atoms with E-state index >= 15 is 0 Å². The van der Waals surface area contributed by atoms with Gasteiger partial charge in [-0.05, 0) is 113 Å². The van der Waals surface area contributed by atoms with E-state index in [0.29, 0.717) is 5.89 Å². The minimum atomic E-state index is 0.611.